The van der Waals surface area contributed by atoms with E-state index in [1.54, 1.807) is 0 Å². The van der Waals surface area contributed by atoms with Crippen molar-refractivity contribution in [3.05, 3.63) is 11.7 Å². The van der Waals surface area contributed by atoms with Crippen molar-refractivity contribution in [2.45, 2.75) is 31.6 Å². The molecule has 2 atom stereocenters. The predicted molar refractivity (Wildman–Crippen MR) is 54.8 cm³/mol. The van der Waals surface area contributed by atoms with Crippen LogP contribution in [0.15, 0.2) is 4.52 Å². The Morgan fingerprint density at radius 2 is 2.13 bits per heavy atom. The van der Waals surface area contributed by atoms with Crippen molar-refractivity contribution in [1.82, 2.24) is 10.1 Å². The number of sulfone groups is 1. The van der Waals surface area contributed by atoms with Crippen LogP contribution in [0.25, 0.3) is 0 Å². The fourth-order valence-corrected chi connectivity index (χ4v) is 1.41. The summed E-state index contributed by atoms with van der Waals surface area (Å²) in [7, 11) is -3.20. The van der Waals surface area contributed by atoms with Gasteiger partial charge >= 0.3 is 0 Å². The summed E-state index contributed by atoms with van der Waals surface area (Å²) < 4.78 is 27.3. The van der Waals surface area contributed by atoms with Gasteiger partial charge in [-0.1, -0.05) is 12.1 Å². The lowest BCUT2D eigenvalue weighted by Gasteiger charge is -2.02. The van der Waals surface area contributed by atoms with Crippen molar-refractivity contribution in [2.75, 3.05) is 6.26 Å². The molecular weight excluding hydrogens is 218 g/mol. The molecule has 1 unspecified atom stereocenters. The zero-order chi connectivity index (χ0) is 11.6. The Morgan fingerprint density at radius 3 is 2.60 bits per heavy atom. The maximum absolute atomic E-state index is 11.2. The fraction of sp³-hybridized carbons (Fsp3) is 0.750. The molecular formula is C8H15N3O3S. The SMILES string of the molecule is CC[C@@H](N)c1nc(C(C)S(C)(=O)=O)no1. The monoisotopic (exact) mass is 233 g/mol. The number of hydrogen-bond donors (Lipinski definition) is 1. The summed E-state index contributed by atoms with van der Waals surface area (Å²) in [6.45, 7) is 3.40. The Kier molecular flexibility index (Phi) is 3.46. The molecule has 15 heavy (non-hydrogen) atoms. The first-order chi connectivity index (χ1) is 6.86. The largest absolute Gasteiger partial charge is 0.338 e. The smallest absolute Gasteiger partial charge is 0.243 e. The van der Waals surface area contributed by atoms with Crippen molar-refractivity contribution in [3.8, 4) is 0 Å². The first-order valence-corrected chi connectivity index (χ1v) is 6.59. The third-order valence-corrected chi connectivity index (χ3v) is 3.72. The van der Waals surface area contributed by atoms with Crippen LogP contribution in [0.2, 0.25) is 0 Å². The van der Waals surface area contributed by atoms with Crippen molar-refractivity contribution in [1.29, 1.82) is 0 Å². The highest BCUT2D eigenvalue weighted by molar-refractivity contribution is 7.90. The van der Waals surface area contributed by atoms with Gasteiger partial charge in [-0.25, -0.2) is 8.42 Å². The highest BCUT2D eigenvalue weighted by Gasteiger charge is 2.24. The minimum atomic E-state index is -3.20. The summed E-state index contributed by atoms with van der Waals surface area (Å²) >= 11 is 0. The Balaban J connectivity index is 2.94. The zero-order valence-electron chi connectivity index (χ0n) is 8.97. The lowest BCUT2D eigenvalue weighted by molar-refractivity contribution is 0.348. The van der Waals surface area contributed by atoms with Crippen molar-refractivity contribution < 1.29 is 12.9 Å². The van der Waals surface area contributed by atoms with Crippen LogP contribution in [-0.4, -0.2) is 24.8 Å². The Hall–Kier alpha value is -0.950. The minimum Gasteiger partial charge on any atom is -0.338 e. The van der Waals surface area contributed by atoms with Gasteiger partial charge in [-0.15, -0.1) is 0 Å². The van der Waals surface area contributed by atoms with E-state index in [9.17, 15) is 8.42 Å². The van der Waals surface area contributed by atoms with E-state index in [0.717, 1.165) is 6.26 Å². The Labute approximate surface area is 88.8 Å². The summed E-state index contributed by atoms with van der Waals surface area (Å²) in [5.74, 6) is 0.444. The van der Waals surface area contributed by atoms with Gasteiger partial charge in [-0.3, -0.25) is 0 Å². The number of rotatable bonds is 4. The van der Waals surface area contributed by atoms with E-state index < -0.39 is 15.1 Å². The Morgan fingerprint density at radius 1 is 1.53 bits per heavy atom. The van der Waals surface area contributed by atoms with E-state index in [2.05, 4.69) is 10.1 Å². The minimum absolute atomic E-state index is 0.163. The molecule has 1 heterocycles. The molecule has 0 saturated heterocycles. The third kappa shape index (κ3) is 2.75. The van der Waals surface area contributed by atoms with Crippen molar-refractivity contribution >= 4 is 9.84 Å². The molecule has 86 valence electrons. The number of nitrogens with zero attached hydrogens (tertiary/aromatic N) is 2. The highest BCUT2D eigenvalue weighted by Crippen LogP contribution is 2.19. The van der Waals surface area contributed by atoms with E-state index in [-0.39, 0.29) is 17.8 Å². The molecule has 0 aliphatic heterocycles. The molecule has 0 aromatic carbocycles. The summed E-state index contributed by atoms with van der Waals surface area (Å²) in [6, 6.07) is -0.335. The first-order valence-electron chi connectivity index (χ1n) is 4.64. The molecule has 2 N–H and O–H groups in total. The normalized spacial score (nSPS) is 16.3. The van der Waals surface area contributed by atoms with E-state index in [4.69, 9.17) is 10.3 Å². The fourth-order valence-electron chi connectivity index (χ4n) is 0.929. The summed E-state index contributed by atoms with van der Waals surface area (Å²) in [5.41, 5.74) is 5.67. The molecule has 6 nitrogen and oxygen atoms in total. The quantitative estimate of drug-likeness (QED) is 0.816. The zero-order valence-corrected chi connectivity index (χ0v) is 9.78. The van der Waals surface area contributed by atoms with E-state index in [0.29, 0.717) is 6.42 Å². The number of hydrogen-bond acceptors (Lipinski definition) is 6. The van der Waals surface area contributed by atoms with Crippen LogP contribution < -0.4 is 5.73 Å². The molecule has 7 heteroatoms. The van der Waals surface area contributed by atoms with Crippen LogP contribution in [0.3, 0.4) is 0 Å². The van der Waals surface area contributed by atoms with Gasteiger partial charge in [0.25, 0.3) is 0 Å². The molecule has 1 aromatic rings. The van der Waals surface area contributed by atoms with Gasteiger partial charge in [0.05, 0.1) is 6.04 Å². The molecule has 0 saturated carbocycles. The van der Waals surface area contributed by atoms with Crippen LogP contribution in [0.5, 0.6) is 0 Å². The van der Waals surface area contributed by atoms with Crippen molar-refractivity contribution in [2.24, 2.45) is 5.73 Å². The van der Waals surface area contributed by atoms with Crippen LogP contribution in [-0.2, 0) is 9.84 Å². The van der Waals surface area contributed by atoms with Crippen LogP contribution >= 0.6 is 0 Å². The third-order valence-electron chi connectivity index (χ3n) is 2.22. The van der Waals surface area contributed by atoms with E-state index >= 15 is 0 Å². The second-order valence-electron chi connectivity index (χ2n) is 3.48. The maximum Gasteiger partial charge on any atom is 0.243 e. The van der Waals surface area contributed by atoms with Crippen LogP contribution in [0, 0.1) is 0 Å². The average molecular weight is 233 g/mol. The van der Waals surface area contributed by atoms with E-state index in [1.165, 1.54) is 6.92 Å². The molecule has 1 aromatic heterocycles. The lowest BCUT2D eigenvalue weighted by Crippen LogP contribution is -2.11. The van der Waals surface area contributed by atoms with Gasteiger partial charge in [-0.05, 0) is 13.3 Å². The van der Waals surface area contributed by atoms with Crippen LogP contribution in [0.4, 0.5) is 0 Å². The molecule has 0 spiro atoms. The molecule has 1 rings (SSSR count). The van der Waals surface area contributed by atoms with Gasteiger partial charge in [0, 0.05) is 6.26 Å². The predicted octanol–water partition coefficient (Wildman–Crippen LogP) is 0.585. The highest BCUT2D eigenvalue weighted by atomic mass is 32.2. The van der Waals surface area contributed by atoms with Gasteiger partial charge in [-0.2, -0.15) is 4.98 Å². The second-order valence-corrected chi connectivity index (χ2v) is 5.84. The van der Waals surface area contributed by atoms with Crippen molar-refractivity contribution in [3.63, 3.8) is 0 Å². The summed E-state index contributed by atoms with van der Waals surface area (Å²) in [6.07, 6.45) is 1.79. The maximum atomic E-state index is 11.2. The average Bonchev–Trinajstić information content (AvgIpc) is 2.62. The topological polar surface area (TPSA) is 99.1 Å². The van der Waals surface area contributed by atoms with Gasteiger partial charge in [0.15, 0.2) is 15.7 Å². The molecule has 0 bridgehead atoms. The second kappa shape index (κ2) is 4.28. The first kappa shape index (κ1) is 12.1. The number of aromatic nitrogens is 2. The summed E-state index contributed by atoms with van der Waals surface area (Å²) in [5, 5.41) is 2.84. The Bertz CT molecular complexity index is 426. The molecule has 0 aliphatic rings. The van der Waals surface area contributed by atoms with Crippen LogP contribution in [0.1, 0.15) is 43.3 Å². The molecule has 0 fully saturated rings. The molecule has 0 aliphatic carbocycles. The van der Waals surface area contributed by atoms with E-state index in [1.807, 2.05) is 6.92 Å². The lowest BCUT2D eigenvalue weighted by atomic mass is 10.2. The summed E-state index contributed by atoms with van der Waals surface area (Å²) in [4.78, 5) is 3.97. The molecule has 0 amide bonds. The van der Waals surface area contributed by atoms with Gasteiger partial charge in [0.2, 0.25) is 5.89 Å². The van der Waals surface area contributed by atoms with Gasteiger partial charge in [0.1, 0.15) is 5.25 Å². The van der Waals surface area contributed by atoms with Gasteiger partial charge < -0.3 is 10.3 Å². The number of nitrogens with two attached hydrogens (primary N) is 1. The molecule has 0 radical (unpaired) electrons. The standard InChI is InChI=1S/C8H15N3O3S/c1-4-6(9)8-10-7(11-14-8)5(2)15(3,12)13/h5-6H,4,9H2,1-3H3/t5?,6-/m1/s1.